The van der Waals surface area contributed by atoms with Crippen LogP contribution in [0.15, 0.2) is 23.7 Å². The molecule has 3 aromatic rings. The first kappa shape index (κ1) is 55.3. The van der Waals surface area contributed by atoms with Gasteiger partial charge >= 0.3 is 5.97 Å². The highest BCUT2D eigenvalue weighted by Gasteiger charge is 2.35. The fourth-order valence-electron chi connectivity index (χ4n) is 9.87. The van der Waals surface area contributed by atoms with Gasteiger partial charge in [-0.25, -0.2) is 18.8 Å². The molecule has 20 nitrogen and oxygen atoms in total. The summed E-state index contributed by atoms with van der Waals surface area (Å²) in [7, 11) is 0. The highest BCUT2D eigenvalue weighted by Crippen LogP contribution is 2.29. The maximum absolute atomic E-state index is 13.3. The molecular weight excluding hydrogens is 897 g/mol. The van der Waals surface area contributed by atoms with Crippen molar-refractivity contribution in [3.8, 4) is 0 Å². The van der Waals surface area contributed by atoms with Crippen molar-refractivity contribution in [2.24, 2.45) is 10.5 Å². The van der Waals surface area contributed by atoms with E-state index in [1.807, 2.05) is 32.6 Å². The lowest BCUT2D eigenvalue weighted by Gasteiger charge is -2.32. The van der Waals surface area contributed by atoms with Gasteiger partial charge in [0.15, 0.2) is 0 Å². The van der Waals surface area contributed by atoms with Gasteiger partial charge in [-0.1, -0.05) is 143 Å². The van der Waals surface area contributed by atoms with E-state index >= 15 is 0 Å². The Morgan fingerprint density at radius 2 is 0.843 bits per heavy atom. The van der Waals surface area contributed by atoms with Crippen LogP contribution in [-0.2, 0) is 57.8 Å². The van der Waals surface area contributed by atoms with Crippen LogP contribution in [0.2, 0.25) is 0 Å². The van der Waals surface area contributed by atoms with Crippen molar-refractivity contribution in [2.45, 2.75) is 198 Å². The lowest BCUT2D eigenvalue weighted by molar-refractivity contribution is -0.162. The summed E-state index contributed by atoms with van der Waals surface area (Å²) < 4.78 is 48.1. The van der Waals surface area contributed by atoms with E-state index in [4.69, 9.17) is 38.7 Å². The molecule has 0 radical (unpaired) electrons. The Hall–Kier alpha value is -4.04. The van der Waals surface area contributed by atoms with Gasteiger partial charge in [-0.05, 0) is 44.1 Å². The summed E-state index contributed by atoms with van der Waals surface area (Å²) >= 11 is 0. The van der Waals surface area contributed by atoms with Crippen LogP contribution in [-0.4, -0.2) is 124 Å². The molecule has 20 heteroatoms. The summed E-state index contributed by atoms with van der Waals surface area (Å²) in [5.41, 5.74) is 9.66. The maximum Gasteiger partial charge on any atom is 0.332 e. The number of carbonyl (C=O) groups is 1. The number of carbonyl (C=O) groups excluding carboxylic acids is 1. The highest BCUT2D eigenvalue weighted by atomic mass is 16.6. The van der Waals surface area contributed by atoms with Gasteiger partial charge < -0.3 is 33.2 Å². The van der Waals surface area contributed by atoms with Crippen molar-refractivity contribution in [1.82, 2.24) is 45.0 Å². The molecular formula is C50H84N12O8. The lowest BCUT2D eigenvalue weighted by Crippen LogP contribution is -2.42. The number of rotatable bonds is 28. The first-order valence-electron chi connectivity index (χ1n) is 26.9. The van der Waals surface area contributed by atoms with Gasteiger partial charge in [0, 0.05) is 11.5 Å². The van der Waals surface area contributed by atoms with Gasteiger partial charge in [0.2, 0.25) is 0 Å². The van der Waals surface area contributed by atoms with Gasteiger partial charge in [-0.15, -0.1) is 15.3 Å². The van der Waals surface area contributed by atoms with Crippen molar-refractivity contribution in [2.75, 3.05) is 72.6 Å². The van der Waals surface area contributed by atoms with E-state index in [1.54, 1.807) is 0 Å². The van der Waals surface area contributed by atoms with Gasteiger partial charge in [0.05, 0.1) is 115 Å². The predicted molar refractivity (Wildman–Crippen MR) is 261 cm³/mol. The molecule has 3 aromatic heterocycles. The average Bonchev–Trinajstić information content (AvgIpc) is 4.19. The Balaban J connectivity index is 1.11. The van der Waals surface area contributed by atoms with E-state index in [1.165, 1.54) is 122 Å². The standard InChI is InChI=1S/C50H84N12O8/c51-56-52-26-27-64-28-29-65-30-31-66-38-49(63)70-42-50(40-68-36-44-33-61(58-54-44)47-22-16-10-4-5-11-17-23-47,41-69-37-45-34-62(59-55-45)48-24-18-12-6-7-13-19-25-48)39-67-35-43-32-60(57-53-43)46-20-14-8-2-1-3-9-15-21-46/h32-34,46-48H,1-31,35-42H2. The maximum atomic E-state index is 13.3. The normalized spacial score (nSPS) is 18.2. The topological polar surface area (TPSA) is 223 Å². The summed E-state index contributed by atoms with van der Waals surface area (Å²) in [6.07, 6.45) is 36.5. The van der Waals surface area contributed by atoms with Crippen molar-refractivity contribution >= 4 is 5.97 Å². The van der Waals surface area contributed by atoms with Crippen LogP contribution < -0.4 is 0 Å². The molecule has 0 saturated heterocycles. The molecule has 0 aromatic carbocycles. The second-order valence-corrected chi connectivity index (χ2v) is 19.9. The lowest BCUT2D eigenvalue weighted by atomic mass is 9.92. The molecule has 6 rings (SSSR count). The fraction of sp³-hybridized carbons (Fsp3) is 0.860. The smallest absolute Gasteiger partial charge is 0.332 e. The first-order valence-corrected chi connectivity index (χ1v) is 26.9. The van der Waals surface area contributed by atoms with E-state index in [0.717, 1.165) is 55.6 Å². The number of azide groups is 1. The molecule has 0 spiro atoms. The molecule has 0 N–H and O–H groups in total. The van der Waals surface area contributed by atoms with Gasteiger partial charge in [-0.2, -0.15) is 0 Å². The van der Waals surface area contributed by atoms with E-state index in [0.29, 0.717) is 37.9 Å². The number of esters is 1. The van der Waals surface area contributed by atoms with E-state index in [9.17, 15) is 4.79 Å². The molecule has 392 valence electrons. The predicted octanol–water partition coefficient (Wildman–Crippen LogP) is 9.72. The molecule has 0 atom stereocenters. The fourth-order valence-corrected chi connectivity index (χ4v) is 9.87. The Bertz CT molecular complexity index is 1790. The molecule has 70 heavy (non-hydrogen) atoms. The molecule has 0 unspecified atom stereocenters. The largest absolute Gasteiger partial charge is 0.463 e. The van der Waals surface area contributed by atoms with Crippen LogP contribution in [0.1, 0.15) is 196 Å². The zero-order valence-electron chi connectivity index (χ0n) is 42.2. The number of ether oxygens (including phenoxy) is 7. The molecule has 0 aliphatic heterocycles. The molecule has 3 aliphatic rings. The van der Waals surface area contributed by atoms with Crippen LogP contribution >= 0.6 is 0 Å². The average molecular weight is 981 g/mol. The SMILES string of the molecule is [N-]=[N+]=NCCOCCOCCOCC(=O)OCC(COCc1cn(C2CCCCCCCCC2)nn1)(COCc1cn(C2CCCCCCCC2)nn1)COCc1cn(C2CCCCCCCC2)nn1. The Kier molecular flexibility index (Phi) is 26.5. The van der Waals surface area contributed by atoms with Crippen LogP contribution in [0, 0.1) is 5.41 Å². The zero-order chi connectivity index (χ0) is 48.6. The summed E-state index contributed by atoms with van der Waals surface area (Å²) in [5.74, 6) is -0.532. The number of hydrogen-bond acceptors (Lipinski definition) is 15. The van der Waals surface area contributed by atoms with Crippen LogP contribution in [0.4, 0.5) is 0 Å². The van der Waals surface area contributed by atoms with Gasteiger partial charge in [0.1, 0.15) is 30.3 Å². The van der Waals surface area contributed by atoms with Crippen LogP contribution in [0.5, 0.6) is 0 Å². The van der Waals surface area contributed by atoms with E-state index in [2.05, 4.69) is 41.0 Å². The Morgan fingerprint density at radius 1 is 0.500 bits per heavy atom. The summed E-state index contributed by atoms with van der Waals surface area (Å²) in [6.45, 7) is 2.51. The van der Waals surface area contributed by atoms with Crippen molar-refractivity contribution in [3.63, 3.8) is 0 Å². The number of nitrogens with zero attached hydrogens (tertiary/aromatic N) is 12. The quantitative estimate of drug-likeness (QED) is 0.0217. The van der Waals surface area contributed by atoms with E-state index in [-0.39, 0.29) is 72.6 Å². The molecule has 0 bridgehead atoms. The molecule has 3 saturated carbocycles. The van der Waals surface area contributed by atoms with Gasteiger partial charge in [-0.3, -0.25) is 0 Å². The first-order chi connectivity index (χ1) is 34.6. The highest BCUT2D eigenvalue weighted by molar-refractivity contribution is 5.70. The van der Waals surface area contributed by atoms with E-state index < -0.39 is 11.4 Å². The second kappa shape index (κ2) is 33.6. The summed E-state index contributed by atoms with van der Waals surface area (Å²) in [5, 5.41) is 30.7. The van der Waals surface area contributed by atoms with Gasteiger partial charge in [0.25, 0.3) is 0 Å². The third-order valence-corrected chi connectivity index (χ3v) is 13.9. The second-order valence-electron chi connectivity index (χ2n) is 19.9. The molecule has 3 heterocycles. The summed E-state index contributed by atoms with van der Waals surface area (Å²) in [4.78, 5) is 16.0. The van der Waals surface area contributed by atoms with Crippen molar-refractivity contribution in [3.05, 3.63) is 46.1 Å². The van der Waals surface area contributed by atoms with Crippen molar-refractivity contribution < 1.29 is 38.0 Å². The minimum atomic E-state index is -0.939. The van der Waals surface area contributed by atoms with Crippen LogP contribution in [0.25, 0.3) is 10.4 Å². The molecule has 3 aliphatic carbocycles. The Morgan fingerprint density at radius 3 is 1.21 bits per heavy atom. The van der Waals surface area contributed by atoms with Crippen LogP contribution in [0.3, 0.4) is 0 Å². The third-order valence-electron chi connectivity index (χ3n) is 13.9. The minimum Gasteiger partial charge on any atom is -0.463 e. The zero-order valence-corrected chi connectivity index (χ0v) is 42.2. The third kappa shape index (κ3) is 21.4. The monoisotopic (exact) mass is 981 g/mol. The molecule has 0 amide bonds. The Labute approximate surface area is 415 Å². The number of hydrogen-bond donors (Lipinski definition) is 0. The minimum absolute atomic E-state index is 0.0584. The summed E-state index contributed by atoms with van der Waals surface area (Å²) in [6, 6.07) is 0.989. The number of aromatic nitrogens is 9. The van der Waals surface area contributed by atoms with Crippen molar-refractivity contribution in [1.29, 1.82) is 0 Å². The molecule has 3 fully saturated rings.